The molecular formula is C15H17F2N3. The number of nitrogens with zero attached hydrogens (tertiary/aromatic N) is 2. The summed E-state index contributed by atoms with van der Waals surface area (Å²) in [6.45, 7) is 3.22. The average Bonchev–Trinajstić information content (AvgIpc) is 3.17. The normalized spacial score (nSPS) is 14.8. The van der Waals surface area contributed by atoms with Crippen molar-refractivity contribution < 1.29 is 8.78 Å². The van der Waals surface area contributed by atoms with Gasteiger partial charge in [-0.05, 0) is 37.5 Å². The van der Waals surface area contributed by atoms with Crippen molar-refractivity contribution in [3.05, 3.63) is 52.9 Å². The van der Waals surface area contributed by atoms with Gasteiger partial charge in [0.25, 0.3) is 0 Å². The van der Waals surface area contributed by atoms with E-state index in [1.54, 1.807) is 10.7 Å². The van der Waals surface area contributed by atoms with Gasteiger partial charge in [-0.15, -0.1) is 0 Å². The molecule has 3 nitrogen and oxygen atoms in total. The summed E-state index contributed by atoms with van der Waals surface area (Å²) in [6, 6.07) is 4.60. The minimum Gasteiger partial charge on any atom is -0.310 e. The average molecular weight is 277 g/mol. The summed E-state index contributed by atoms with van der Waals surface area (Å²) in [5.74, 6) is -1.64. The van der Waals surface area contributed by atoms with Crippen LogP contribution in [0.3, 0.4) is 0 Å². The molecule has 0 atom stereocenters. The number of hydrogen-bond donors (Lipinski definition) is 1. The van der Waals surface area contributed by atoms with Crippen molar-refractivity contribution in [3.63, 3.8) is 0 Å². The van der Waals surface area contributed by atoms with E-state index in [0.29, 0.717) is 18.2 Å². The summed E-state index contributed by atoms with van der Waals surface area (Å²) >= 11 is 0. The number of benzene rings is 1. The van der Waals surface area contributed by atoms with Crippen LogP contribution >= 0.6 is 0 Å². The number of hydrogen-bond acceptors (Lipinski definition) is 2. The maximum absolute atomic E-state index is 13.2. The third-order valence-corrected chi connectivity index (χ3v) is 3.54. The van der Waals surface area contributed by atoms with Gasteiger partial charge in [-0.2, -0.15) is 5.10 Å². The second-order valence-electron chi connectivity index (χ2n) is 5.34. The van der Waals surface area contributed by atoms with Gasteiger partial charge in [0.2, 0.25) is 0 Å². The van der Waals surface area contributed by atoms with Crippen LogP contribution in [0.2, 0.25) is 0 Å². The molecule has 0 amide bonds. The molecule has 20 heavy (non-hydrogen) atoms. The fourth-order valence-corrected chi connectivity index (χ4v) is 2.18. The van der Waals surface area contributed by atoms with Crippen LogP contribution in [0.25, 0.3) is 0 Å². The zero-order chi connectivity index (χ0) is 14.1. The van der Waals surface area contributed by atoms with Crippen molar-refractivity contribution in [2.45, 2.75) is 38.9 Å². The Morgan fingerprint density at radius 2 is 2.10 bits per heavy atom. The largest absolute Gasteiger partial charge is 0.310 e. The van der Waals surface area contributed by atoms with Crippen molar-refractivity contribution >= 4 is 0 Å². The van der Waals surface area contributed by atoms with Crippen LogP contribution in [0, 0.1) is 18.6 Å². The van der Waals surface area contributed by atoms with E-state index in [9.17, 15) is 8.78 Å². The second kappa shape index (κ2) is 5.32. The molecule has 5 heteroatoms. The van der Waals surface area contributed by atoms with E-state index in [1.807, 2.05) is 13.1 Å². The van der Waals surface area contributed by atoms with Gasteiger partial charge < -0.3 is 5.32 Å². The van der Waals surface area contributed by atoms with Crippen LogP contribution in [-0.2, 0) is 13.1 Å². The molecule has 0 bridgehead atoms. The fraction of sp³-hybridized carbons (Fsp3) is 0.400. The van der Waals surface area contributed by atoms with E-state index in [-0.39, 0.29) is 0 Å². The highest BCUT2D eigenvalue weighted by atomic mass is 19.2. The fourth-order valence-electron chi connectivity index (χ4n) is 2.18. The number of aryl methyl sites for hydroxylation is 1. The van der Waals surface area contributed by atoms with Crippen molar-refractivity contribution in [1.29, 1.82) is 0 Å². The molecule has 0 spiro atoms. The summed E-state index contributed by atoms with van der Waals surface area (Å²) in [6.07, 6.45) is 4.47. The van der Waals surface area contributed by atoms with Crippen LogP contribution < -0.4 is 5.32 Å². The third-order valence-electron chi connectivity index (χ3n) is 3.54. The first-order chi connectivity index (χ1) is 9.61. The van der Waals surface area contributed by atoms with E-state index in [2.05, 4.69) is 10.4 Å². The van der Waals surface area contributed by atoms with E-state index in [1.165, 1.54) is 18.9 Å². The molecule has 1 aliphatic carbocycles. The van der Waals surface area contributed by atoms with Gasteiger partial charge in [-0.3, -0.25) is 4.68 Å². The molecule has 0 unspecified atom stereocenters. The quantitative estimate of drug-likeness (QED) is 0.910. The standard InChI is InChI=1S/C15H17F2N3/c1-10-12(7-18-13-3-4-13)9-20(19-10)8-11-2-5-14(16)15(17)6-11/h2,5-6,9,13,18H,3-4,7-8H2,1H3. The number of rotatable bonds is 5. The lowest BCUT2D eigenvalue weighted by Gasteiger charge is -2.02. The molecule has 1 aliphatic rings. The number of halogens is 2. The first-order valence-electron chi connectivity index (χ1n) is 6.82. The van der Waals surface area contributed by atoms with Crippen LogP contribution in [0.5, 0.6) is 0 Å². The Morgan fingerprint density at radius 1 is 1.30 bits per heavy atom. The first-order valence-corrected chi connectivity index (χ1v) is 6.82. The Morgan fingerprint density at radius 3 is 2.80 bits per heavy atom. The van der Waals surface area contributed by atoms with Crippen LogP contribution in [-0.4, -0.2) is 15.8 Å². The van der Waals surface area contributed by atoms with Gasteiger partial charge in [0.1, 0.15) is 0 Å². The van der Waals surface area contributed by atoms with Gasteiger partial charge in [0, 0.05) is 24.3 Å². The van der Waals surface area contributed by atoms with E-state index < -0.39 is 11.6 Å². The van der Waals surface area contributed by atoms with Gasteiger partial charge in [-0.1, -0.05) is 6.07 Å². The molecule has 0 aliphatic heterocycles. The topological polar surface area (TPSA) is 29.9 Å². The Kier molecular flexibility index (Phi) is 3.53. The molecule has 0 saturated heterocycles. The lowest BCUT2D eigenvalue weighted by atomic mass is 10.2. The molecule has 106 valence electrons. The Balaban J connectivity index is 1.69. The molecular weight excluding hydrogens is 260 g/mol. The van der Waals surface area contributed by atoms with Crippen molar-refractivity contribution in [2.24, 2.45) is 0 Å². The smallest absolute Gasteiger partial charge is 0.159 e. The summed E-state index contributed by atoms with van der Waals surface area (Å²) in [5, 5.41) is 7.86. The zero-order valence-electron chi connectivity index (χ0n) is 11.4. The van der Waals surface area contributed by atoms with E-state index in [4.69, 9.17) is 0 Å². The number of aromatic nitrogens is 2. The maximum atomic E-state index is 13.2. The molecule has 1 saturated carbocycles. The van der Waals surface area contributed by atoms with Crippen molar-refractivity contribution in [1.82, 2.24) is 15.1 Å². The van der Waals surface area contributed by atoms with Crippen LogP contribution in [0.15, 0.2) is 24.4 Å². The lowest BCUT2D eigenvalue weighted by Crippen LogP contribution is -2.15. The lowest BCUT2D eigenvalue weighted by molar-refractivity contribution is 0.505. The first kappa shape index (κ1) is 13.2. The third kappa shape index (κ3) is 3.04. The second-order valence-corrected chi connectivity index (χ2v) is 5.34. The molecule has 2 aromatic rings. The monoisotopic (exact) mass is 277 g/mol. The highest BCUT2D eigenvalue weighted by Crippen LogP contribution is 2.20. The molecule has 1 aromatic carbocycles. The molecule has 1 N–H and O–H groups in total. The minimum absolute atomic E-state index is 0.446. The minimum atomic E-state index is -0.820. The highest BCUT2D eigenvalue weighted by molar-refractivity contribution is 5.20. The van der Waals surface area contributed by atoms with Gasteiger partial charge >= 0.3 is 0 Å². The molecule has 1 heterocycles. The molecule has 1 aromatic heterocycles. The van der Waals surface area contributed by atoms with Crippen LogP contribution in [0.4, 0.5) is 8.78 Å². The van der Waals surface area contributed by atoms with Gasteiger partial charge in [0.05, 0.1) is 12.2 Å². The van der Waals surface area contributed by atoms with Crippen molar-refractivity contribution in [2.75, 3.05) is 0 Å². The summed E-state index contributed by atoms with van der Waals surface area (Å²) in [7, 11) is 0. The summed E-state index contributed by atoms with van der Waals surface area (Å²) < 4.78 is 27.8. The summed E-state index contributed by atoms with van der Waals surface area (Å²) in [4.78, 5) is 0. The van der Waals surface area contributed by atoms with Crippen molar-refractivity contribution in [3.8, 4) is 0 Å². The predicted molar refractivity (Wildman–Crippen MR) is 72.3 cm³/mol. The van der Waals surface area contributed by atoms with Crippen LogP contribution in [0.1, 0.15) is 29.7 Å². The van der Waals surface area contributed by atoms with Gasteiger partial charge in [0.15, 0.2) is 11.6 Å². The molecule has 0 radical (unpaired) electrons. The highest BCUT2D eigenvalue weighted by Gasteiger charge is 2.20. The van der Waals surface area contributed by atoms with E-state index in [0.717, 1.165) is 23.9 Å². The maximum Gasteiger partial charge on any atom is 0.159 e. The molecule has 1 fully saturated rings. The van der Waals surface area contributed by atoms with E-state index >= 15 is 0 Å². The SMILES string of the molecule is Cc1nn(Cc2ccc(F)c(F)c2)cc1CNC1CC1. The Hall–Kier alpha value is -1.75. The molecule has 3 rings (SSSR count). The zero-order valence-corrected chi connectivity index (χ0v) is 11.4. The summed E-state index contributed by atoms with van der Waals surface area (Å²) in [5.41, 5.74) is 2.83. The predicted octanol–water partition coefficient (Wildman–Crippen LogP) is 2.77. The Labute approximate surface area is 116 Å². The van der Waals surface area contributed by atoms with Gasteiger partial charge in [-0.25, -0.2) is 8.78 Å². The number of nitrogens with one attached hydrogen (secondary N) is 1. The Bertz CT molecular complexity index is 618.